The fourth-order valence-corrected chi connectivity index (χ4v) is 2.57. The van der Waals surface area contributed by atoms with Gasteiger partial charge in [0.25, 0.3) is 5.56 Å². The molecule has 1 heterocycles. The van der Waals surface area contributed by atoms with Crippen molar-refractivity contribution in [3.8, 4) is 0 Å². The highest BCUT2D eigenvalue weighted by Crippen LogP contribution is 2.11. The van der Waals surface area contributed by atoms with Gasteiger partial charge in [0.05, 0.1) is 10.9 Å². The van der Waals surface area contributed by atoms with Crippen molar-refractivity contribution >= 4 is 24.7 Å². The number of fused-ring (bicyclic) bond motifs is 1. The average Bonchev–Trinajstić information content (AvgIpc) is 2.36. The number of nitrogen functional groups attached to an aromatic ring is 1. The molecule has 2 rings (SSSR count). The van der Waals surface area contributed by atoms with Crippen LogP contribution in [0.4, 0.5) is 5.69 Å². The molecule has 20 heavy (non-hydrogen) atoms. The van der Waals surface area contributed by atoms with E-state index in [1.165, 1.54) is 10.9 Å². The smallest absolute Gasteiger partial charge is 0.263 e. The van der Waals surface area contributed by atoms with E-state index in [4.69, 9.17) is 10.5 Å². The lowest BCUT2D eigenvalue weighted by atomic mass is 10.2. The fourth-order valence-electron chi connectivity index (χ4n) is 1.81. The van der Waals surface area contributed by atoms with Crippen molar-refractivity contribution in [2.24, 2.45) is 0 Å². The summed E-state index contributed by atoms with van der Waals surface area (Å²) in [5.74, 6) is 0. The molecule has 0 saturated heterocycles. The van der Waals surface area contributed by atoms with Gasteiger partial charge in [-0.1, -0.05) is 19.6 Å². The summed E-state index contributed by atoms with van der Waals surface area (Å²) in [7, 11) is -1.10. The van der Waals surface area contributed by atoms with E-state index in [1.54, 1.807) is 18.2 Å². The van der Waals surface area contributed by atoms with E-state index in [0.717, 1.165) is 6.04 Å². The Labute approximate surface area is 119 Å². The molecule has 108 valence electrons. The first-order valence-corrected chi connectivity index (χ1v) is 10.4. The van der Waals surface area contributed by atoms with Gasteiger partial charge in [0, 0.05) is 20.4 Å². The number of hydrogen-bond donors (Lipinski definition) is 1. The second kappa shape index (κ2) is 5.76. The quantitative estimate of drug-likeness (QED) is 0.521. The van der Waals surface area contributed by atoms with E-state index in [2.05, 4.69) is 24.6 Å². The van der Waals surface area contributed by atoms with Crippen molar-refractivity contribution in [1.82, 2.24) is 9.55 Å². The van der Waals surface area contributed by atoms with Gasteiger partial charge in [-0.15, -0.1) is 0 Å². The number of ether oxygens (including phenoxy) is 1. The highest BCUT2D eigenvalue weighted by molar-refractivity contribution is 6.76. The Kier molecular flexibility index (Phi) is 4.25. The van der Waals surface area contributed by atoms with E-state index >= 15 is 0 Å². The molecule has 0 aliphatic rings. The molecule has 0 radical (unpaired) electrons. The molecule has 1 aromatic carbocycles. The van der Waals surface area contributed by atoms with Crippen LogP contribution in [0.3, 0.4) is 0 Å². The first-order chi connectivity index (χ1) is 9.37. The van der Waals surface area contributed by atoms with Crippen LogP contribution in [0.15, 0.2) is 29.3 Å². The zero-order valence-electron chi connectivity index (χ0n) is 12.2. The van der Waals surface area contributed by atoms with Gasteiger partial charge in [-0.05, 0) is 24.2 Å². The van der Waals surface area contributed by atoms with Crippen molar-refractivity contribution in [1.29, 1.82) is 0 Å². The van der Waals surface area contributed by atoms with Gasteiger partial charge in [0.2, 0.25) is 0 Å². The summed E-state index contributed by atoms with van der Waals surface area (Å²) in [5.41, 5.74) is 6.81. The highest BCUT2D eigenvalue weighted by atomic mass is 28.3. The lowest BCUT2D eigenvalue weighted by Crippen LogP contribution is -2.25. The minimum atomic E-state index is -1.10. The van der Waals surface area contributed by atoms with Gasteiger partial charge in [-0.3, -0.25) is 9.36 Å². The van der Waals surface area contributed by atoms with Crippen molar-refractivity contribution in [2.45, 2.75) is 32.4 Å². The van der Waals surface area contributed by atoms with Crippen LogP contribution in [0.1, 0.15) is 0 Å². The highest BCUT2D eigenvalue weighted by Gasteiger charge is 2.12. The van der Waals surface area contributed by atoms with E-state index in [0.29, 0.717) is 23.2 Å². The van der Waals surface area contributed by atoms with Crippen LogP contribution in [-0.4, -0.2) is 24.2 Å². The van der Waals surface area contributed by atoms with Gasteiger partial charge in [0.1, 0.15) is 13.1 Å². The van der Waals surface area contributed by atoms with Crippen LogP contribution in [0, 0.1) is 0 Å². The molecule has 0 amide bonds. The molecule has 0 aliphatic carbocycles. The number of aromatic nitrogens is 2. The molecule has 5 nitrogen and oxygen atoms in total. The zero-order valence-corrected chi connectivity index (χ0v) is 13.2. The van der Waals surface area contributed by atoms with Crippen LogP contribution >= 0.6 is 0 Å². The summed E-state index contributed by atoms with van der Waals surface area (Å²) >= 11 is 0. The molecule has 0 aliphatic heterocycles. The Morgan fingerprint density at radius 1 is 1.35 bits per heavy atom. The molecule has 1 aromatic heterocycles. The normalized spacial score (nSPS) is 11.9. The van der Waals surface area contributed by atoms with Gasteiger partial charge >= 0.3 is 0 Å². The van der Waals surface area contributed by atoms with Crippen LogP contribution in [-0.2, 0) is 11.5 Å². The number of benzene rings is 1. The topological polar surface area (TPSA) is 70.1 Å². The number of hydrogen-bond acceptors (Lipinski definition) is 4. The summed E-state index contributed by atoms with van der Waals surface area (Å²) in [6, 6.07) is 6.23. The Balaban J connectivity index is 2.11. The molecular weight excluding hydrogens is 270 g/mol. The Morgan fingerprint density at radius 2 is 2.10 bits per heavy atom. The number of rotatable bonds is 5. The third-order valence-electron chi connectivity index (χ3n) is 3.07. The van der Waals surface area contributed by atoms with Gasteiger partial charge in [-0.25, -0.2) is 4.98 Å². The lowest BCUT2D eigenvalue weighted by Gasteiger charge is -2.15. The second-order valence-corrected chi connectivity index (χ2v) is 11.8. The van der Waals surface area contributed by atoms with E-state index in [9.17, 15) is 4.79 Å². The second-order valence-electron chi connectivity index (χ2n) is 6.14. The molecular formula is C14H21N3O2Si. The minimum absolute atomic E-state index is 0.115. The summed E-state index contributed by atoms with van der Waals surface area (Å²) in [5, 5.41) is 0.529. The summed E-state index contributed by atoms with van der Waals surface area (Å²) in [6.45, 7) is 7.80. The maximum absolute atomic E-state index is 12.3. The average molecular weight is 291 g/mol. The molecule has 0 spiro atoms. The largest absolute Gasteiger partial charge is 0.399 e. The molecule has 0 saturated carbocycles. The van der Waals surface area contributed by atoms with Crippen molar-refractivity contribution in [3.63, 3.8) is 0 Å². The monoisotopic (exact) mass is 291 g/mol. The van der Waals surface area contributed by atoms with Crippen molar-refractivity contribution in [2.75, 3.05) is 12.3 Å². The number of anilines is 1. The maximum Gasteiger partial charge on any atom is 0.263 e. The number of nitrogens with zero attached hydrogens (tertiary/aromatic N) is 2. The maximum atomic E-state index is 12.3. The standard InChI is InChI=1S/C14H21N3O2Si/c1-20(2,3)7-6-19-10-17-9-16-13-5-4-11(15)8-12(13)14(17)18/h4-5,8-9H,6-7,10,15H2,1-3H3. The summed E-state index contributed by atoms with van der Waals surface area (Å²) in [4.78, 5) is 16.5. The van der Waals surface area contributed by atoms with Gasteiger partial charge in [-0.2, -0.15) is 0 Å². The number of nitrogens with two attached hydrogens (primary N) is 1. The SMILES string of the molecule is C[Si](C)(C)CCOCn1cnc2ccc(N)cc2c1=O. The summed E-state index contributed by atoms with van der Waals surface area (Å²) < 4.78 is 7.06. The first kappa shape index (κ1) is 14.7. The first-order valence-electron chi connectivity index (χ1n) is 6.69. The fraction of sp³-hybridized carbons (Fsp3) is 0.429. The van der Waals surface area contributed by atoms with Crippen LogP contribution in [0.25, 0.3) is 10.9 Å². The molecule has 6 heteroatoms. The molecule has 0 unspecified atom stereocenters. The van der Waals surface area contributed by atoms with Gasteiger partial charge in [0.15, 0.2) is 0 Å². The molecule has 0 fully saturated rings. The Morgan fingerprint density at radius 3 is 2.80 bits per heavy atom. The molecule has 0 bridgehead atoms. The van der Waals surface area contributed by atoms with Gasteiger partial charge < -0.3 is 10.5 Å². The van der Waals surface area contributed by atoms with E-state index < -0.39 is 8.07 Å². The zero-order chi connectivity index (χ0) is 14.8. The van der Waals surface area contributed by atoms with E-state index in [-0.39, 0.29) is 12.3 Å². The van der Waals surface area contributed by atoms with Crippen LogP contribution in [0.2, 0.25) is 25.7 Å². The molecule has 2 N–H and O–H groups in total. The van der Waals surface area contributed by atoms with E-state index in [1.807, 2.05) is 0 Å². The predicted molar refractivity (Wildman–Crippen MR) is 84.5 cm³/mol. The lowest BCUT2D eigenvalue weighted by molar-refractivity contribution is 0.0844. The minimum Gasteiger partial charge on any atom is -0.399 e. The third-order valence-corrected chi connectivity index (χ3v) is 4.78. The van der Waals surface area contributed by atoms with Crippen LogP contribution in [0.5, 0.6) is 0 Å². The van der Waals surface area contributed by atoms with Crippen molar-refractivity contribution < 1.29 is 4.74 Å². The molecule has 0 atom stereocenters. The molecule has 2 aromatic rings. The Hall–Kier alpha value is -1.66. The van der Waals surface area contributed by atoms with Crippen LogP contribution < -0.4 is 11.3 Å². The summed E-state index contributed by atoms with van der Waals surface area (Å²) in [6.07, 6.45) is 1.52. The van der Waals surface area contributed by atoms with Crippen molar-refractivity contribution in [3.05, 3.63) is 34.9 Å². The Bertz CT molecular complexity index is 661. The third kappa shape index (κ3) is 3.67. The predicted octanol–water partition coefficient (Wildman–Crippen LogP) is 2.29.